The van der Waals surface area contributed by atoms with Gasteiger partial charge >= 0.3 is 5.97 Å². The third kappa shape index (κ3) is 4.70. The fourth-order valence-electron chi connectivity index (χ4n) is 1.16. The van der Waals surface area contributed by atoms with Crippen LogP contribution in [0.2, 0.25) is 0 Å². The van der Waals surface area contributed by atoms with E-state index < -0.39 is 9.39 Å². The van der Waals surface area contributed by atoms with Crippen molar-refractivity contribution < 1.29 is 14.3 Å². The van der Waals surface area contributed by atoms with Gasteiger partial charge in [0, 0.05) is 5.69 Å². The fraction of sp³-hybridized carbons (Fsp3) is 0.273. The van der Waals surface area contributed by atoms with Crippen molar-refractivity contribution in [2.45, 2.75) is 3.42 Å². The van der Waals surface area contributed by atoms with Crippen LogP contribution in [-0.2, 0) is 9.53 Å². The predicted molar refractivity (Wildman–Crippen MR) is 80.4 cm³/mol. The van der Waals surface area contributed by atoms with Crippen LogP contribution < -0.4 is 5.32 Å². The van der Waals surface area contributed by atoms with Crippen LogP contribution in [0.15, 0.2) is 24.3 Å². The number of carbonyl (C=O) groups is 1. The van der Waals surface area contributed by atoms with Gasteiger partial charge in [0.05, 0.1) is 17.4 Å². The van der Waals surface area contributed by atoms with E-state index in [2.05, 4.69) is 53.1 Å². The monoisotopic (exact) mass is 440 g/mol. The standard InChI is InChI=1S/C11H9Br3NO3/c12-7-11(13,14)18-10(17)8-3-1-2-4-9(8)15-5-6-16/h1-4,15H,5,7H2. The minimum absolute atomic E-state index is 0.0104. The van der Waals surface area contributed by atoms with E-state index in [1.54, 1.807) is 30.6 Å². The second-order valence-electron chi connectivity index (χ2n) is 3.20. The molecule has 1 rings (SSSR count). The number of benzene rings is 1. The Morgan fingerprint density at radius 1 is 1.39 bits per heavy atom. The summed E-state index contributed by atoms with van der Waals surface area (Å²) in [4.78, 5) is 22.2. The summed E-state index contributed by atoms with van der Waals surface area (Å²) in [6.07, 6.45) is 1.70. The summed E-state index contributed by atoms with van der Waals surface area (Å²) in [5.74, 6) is -0.516. The molecule has 0 aromatic heterocycles. The molecule has 1 aromatic rings. The maximum Gasteiger partial charge on any atom is 0.342 e. The first-order valence-corrected chi connectivity index (χ1v) is 7.56. The van der Waals surface area contributed by atoms with E-state index in [-0.39, 0.29) is 6.54 Å². The van der Waals surface area contributed by atoms with Gasteiger partial charge in [0.1, 0.15) is 0 Å². The van der Waals surface area contributed by atoms with E-state index in [1.807, 2.05) is 0 Å². The molecule has 0 unspecified atom stereocenters. The Balaban J connectivity index is 2.88. The molecule has 0 atom stereocenters. The van der Waals surface area contributed by atoms with Gasteiger partial charge in [-0.25, -0.2) is 4.79 Å². The molecule has 97 valence electrons. The van der Waals surface area contributed by atoms with Crippen molar-refractivity contribution in [3.8, 4) is 0 Å². The number of hydrogen-bond acceptors (Lipinski definition) is 4. The van der Waals surface area contributed by atoms with Crippen molar-refractivity contribution in [2.75, 3.05) is 17.2 Å². The minimum atomic E-state index is -0.957. The highest BCUT2D eigenvalue weighted by Gasteiger charge is 2.27. The van der Waals surface area contributed by atoms with Crippen molar-refractivity contribution in [3.05, 3.63) is 29.8 Å². The number of alkyl halides is 3. The summed E-state index contributed by atoms with van der Waals surface area (Å²) in [5, 5.41) is 3.16. The van der Waals surface area contributed by atoms with Gasteiger partial charge in [0.15, 0.2) is 0 Å². The molecule has 0 spiro atoms. The maximum atomic E-state index is 12.0. The van der Waals surface area contributed by atoms with Crippen LogP contribution in [0.3, 0.4) is 0 Å². The molecule has 1 N–H and O–H groups in total. The van der Waals surface area contributed by atoms with Crippen LogP contribution in [0, 0.1) is 0 Å². The zero-order valence-electron chi connectivity index (χ0n) is 9.08. The highest BCUT2D eigenvalue weighted by atomic mass is 79.9. The number of ether oxygens (including phenoxy) is 1. The number of anilines is 1. The van der Waals surface area contributed by atoms with E-state index in [4.69, 9.17) is 4.74 Å². The zero-order chi connectivity index (χ0) is 13.6. The highest BCUT2D eigenvalue weighted by molar-refractivity contribution is 9.26. The molecule has 0 aliphatic rings. The number of nitrogens with one attached hydrogen (secondary N) is 1. The summed E-state index contributed by atoms with van der Waals surface area (Å²) >= 11 is 9.59. The SMILES string of the molecule is O=[C]CNc1ccccc1C(=O)OC(Br)(Br)CBr. The lowest BCUT2D eigenvalue weighted by Crippen LogP contribution is -2.23. The normalized spacial score (nSPS) is 10.8. The second kappa shape index (κ2) is 7.25. The highest BCUT2D eigenvalue weighted by Crippen LogP contribution is 2.31. The average molecular weight is 443 g/mol. The lowest BCUT2D eigenvalue weighted by molar-refractivity contribution is 0.0462. The average Bonchev–Trinajstić information content (AvgIpc) is 2.36. The Morgan fingerprint density at radius 2 is 2.06 bits per heavy atom. The van der Waals surface area contributed by atoms with Gasteiger partial charge < -0.3 is 10.1 Å². The molecule has 1 aromatic carbocycles. The second-order valence-corrected chi connectivity index (χ2v) is 7.39. The molecular formula is C11H9Br3NO3. The van der Waals surface area contributed by atoms with Gasteiger partial charge in [-0.3, -0.25) is 4.79 Å². The Labute approximate surface area is 130 Å². The quantitative estimate of drug-likeness (QED) is 0.543. The summed E-state index contributed by atoms with van der Waals surface area (Å²) in [5.41, 5.74) is 0.869. The number of carbonyl (C=O) groups excluding carboxylic acids is 2. The lowest BCUT2D eigenvalue weighted by atomic mass is 10.2. The van der Waals surface area contributed by atoms with Gasteiger partial charge in [-0.15, -0.1) is 0 Å². The van der Waals surface area contributed by atoms with Crippen LogP contribution >= 0.6 is 47.8 Å². The molecule has 0 bridgehead atoms. The maximum absolute atomic E-state index is 12.0. The Morgan fingerprint density at radius 3 is 2.67 bits per heavy atom. The molecule has 0 fully saturated rings. The first kappa shape index (κ1) is 15.7. The molecule has 0 aliphatic heterocycles. The van der Waals surface area contributed by atoms with Gasteiger partial charge in [-0.05, 0) is 44.0 Å². The van der Waals surface area contributed by atoms with Gasteiger partial charge in [0.2, 0.25) is 9.71 Å². The Kier molecular flexibility index (Phi) is 6.31. The Bertz CT molecular complexity index is 437. The number of para-hydroxylation sites is 1. The molecule has 4 nitrogen and oxygen atoms in total. The third-order valence-corrected chi connectivity index (χ3v) is 5.07. The smallest absolute Gasteiger partial charge is 0.342 e. The van der Waals surface area contributed by atoms with Gasteiger partial charge in [0.25, 0.3) is 0 Å². The van der Waals surface area contributed by atoms with E-state index in [0.29, 0.717) is 16.6 Å². The molecule has 0 aliphatic carbocycles. The summed E-state index contributed by atoms with van der Waals surface area (Å²) < 4.78 is 4.25. The Hall–Kier alpha value is -0.400. The van der Waals surface area contributed by atoms with Crippen molar-refractivity contribution >= 4 is 65.7 Å². The van der Waals surface area contributed by atoms with Crippen LogP contribution in [0.25, 0.3) is 0 Å². The molecule has 0 amide bonds. The lowest BCUT2D eigenvalue weighted by Gasteiger charge is -2.19. The molecule has 0 saturated carbocycles. The number of hydrogen-bond donors (Lipinski definition) is 1. The summed E-state index contributed by atoms with van der Waals surface area (Å²) in [6, 6.07) is 6.76. The summed E-state index contributed by atoms with van der Waals surface area (Å²) in [7, 11) is 0. The van der Waals surface area contributed by atoms with E-state index in [0.717, 1.165) is 0 Å². The number of halogens is 3. The molecule has 18 heavy (non-hydrogen) atoms. The molecule has 7 heteroatoms. The molecule has 0 heterocycles. The van der Waals surface area contributed by atoms with Crippen molar-refractivity contribution in [1.29, 1.82) is 0 Å². The van der Waals surface area contributed by atoms with Crippen LogP contribution in [0.4, 0.5) is 5.69 Å². The van der Waals surface area contributed by atoms with Gasteiger partial charge in [-0.1, -0.05) is 28.1 Å². The van der Waals surface area contributed by atoms with Crippen LogP contribution in [0.5, 0.6) is 0 Å². The van der Waals surface area contributed by atoms with E-state index >= 15 is 0 Å². The van der Waals surface area contributed by atoms with E-state index in [9.17, 15) is 9.59 Å². The zero-order valence-corrected chi connectivity index (χ0v) is 13.8. The fourth-order valence-corrected chi connectivity index (χ4v) is 1.57. The van der Waals surface area contributed by atoms with Crippen LogP contribution in [0.1, 0.15) is 10.4 Å². The van der Waals surface area contributed by atoms with Crippen molar-refractivity contribution in [3.63, 3.8) is 0 Å². The first-order valence-electron chi connectivity index (χ1n) is 4.85. The predicted octanol–water partition coefficient (Wildman–Crippen LogP) is 3.20. The third-order valence-electron chi connectivity index (χ3n) is 1.90. The summed E-state index contributed by atoms with van der Waals surface area (Å²) in [6.45, 7) is 0.0104. The van der Waals surface area contributed by atoms with Crippen LogP contribution in [-0.4, -0.2) is 27.5 Å². The van der Waals surface area contributed by atoms with E-state index in [1.165, 1.54) is 0 Å². The number of esters is 1. The molecule has 1 radical (unpaired) electrons. The first-order chi connectivity index (χ1) is 8.50. The molecular weight excluding hydrogens is 434 g/mol. The van der Waals surface area contributed by atoms with Crippen molar-refractivity contribution in [2.24, 2.45) is 0 Å². The topological polar surface area (TPSA) is 55.4 Å². The van der Waals surface area contributed by atoms with Gasteiger partial charge in [-0.2, -0.15) is 0 Å². The number of rotatable bonds is 6. The van der Waals surface area contributed by atoms with Crippen molar-refractivity contribution in [1.82, 2.24) is 0 Å². The molecule has 0 saturated heterocycles. The largest absolute Gasteiger partial charge is 0.432 e. The minimum Gasteiger partial charge on any atom is -0.432 e.